The van der Waals surface area contributed by atoms with Crippen molar-refractivity contribution in [2.45, 2.75) is 19.4 Å². The highest BCUT2D eigenvalue weighted by molar-refractivity contribution is 5.85. The molecule has 0 saturated carbocycles. The summed E-state index contributed by atoms with van der Waals surface area (Å²) in [4.78, 5) is 23.2. The number of halogens is 1. The predicted octanol–water partition coefficient (Wildman–Crippen LogP) is 4.20. The maximum Gasteiger partial charge on any atom is 0.414 e. The molecule has 0 aliphatic rings. The molecule has 0 spiro atoms. The number of nitrogens with zero attached hydrogens (tertiary/aromatic N) is 2. The van der Waals surface area contributed by atoms with Gasteiger partial charge in [0.1, 0.15) is 11.5 Å². The third-order valence-electron chi connectivity index (χ3n) is 4.03. The van der Waals surface area contributed by atoms with Crippen molar-refractivity contribution in [2.75, 3.05) is 27.2 Å². The summed E-state index contributed by atoms with van der Waals surface area (Å²) < 4.78 is 10.9. The van der Waals surface area contributed by atoms with Gasteiger partial charge in [0.25, 0.3) is 5.69 Å². The van der Waals surface area contributed by atoms with Gasteiger partial charge in [0.05, 0.1) is 11.5 Å². The number of carbonyl (C=O) groups excluding carboxylic acids is 1. The van der Waals surface area contributed by atoms with Gasteiger partial charge in [0.15, 0.2) is 0 Å². The van der Waals surface area contributed by atoms with E-state index in [1.54, 1.807) is 38.4 Å². The van der Waals surface area contributed by atoms with Crippen LogP contribution in [0.4, 0.5) is 10.5 Å². The Kier molecular flexibility index (Phi) is 9.91. The summed E-state index contributed by atoms with van der Waals surface area (Å²) in [7, 11) is 3.26. The van der Waals surface area contributed by atoms with Gasteiger partial charge in [0.2, 0.25) is 0 Å². The number of non-ortho nitro benzene ring substituents is 1. The van der Waals surface area contributed by atoms with E-state index >= 15 is 0 Å². The van der Waals surface area contributed by atoms with Gasteiger partial charge in [-0.15, -0.1) is 12.4 Å². The summed E-state index contributed by atoms with van der Waals surface area (Å²) in [6.07, 6.45) is 0.286. The van der Waals surface area contributed by atoms with E-state index in [-0.39, 0.29) is 24.1 Å². The maximum atomic E-state index is 11.6. The normalized spacial score (nSPS) is 11.1. The van der Waals surface area contributed by atoms with Crippen molar-refractivity contribution in [2.24, 2.45) is 0 Å². The summed E-state index contributed by atoms with van der Waals surface area (Å²) in [5, 5.41) is 14.1. The van der Waals surface area contributed by atoms with Crippen LogP contribution in [0, 0.1) is 10.1 Å². The highest BCUT2D eigenvalue weighted by Crippen LogP contribution is 2.22. The van der Waals surface area contributed by atoms with Crippen LogP contribution in [0.25, 0.3) is 0 Å². The van der Waals surface area contributed by atoms with Crippen LogP contribution in [-0.4, -0.2) is 43.2 Å². The van der Waals surface area contributed by atoms with E-state index < -0.39 is 11.0 Å². The lowest BCUT2D eigenvalue weighted by molar-refractivity contribution is -0.384. The van der Waals surface area contributed by atoms with Crippen LogP contribution in [0.3, 0.4) is 0 Å². The van der Waals surface area contributed by atoms with Crippen LogP contribution < -0.4 is 14.8 Å². The minimum atomic E-state index is -0.440. The van der Waals surface area contributed by atoms with Crippen molar-refractivity contribution in [1.29, 1.82) is 0 Å². The Morgan fingerprint density at radius 1 is 1.10 bits per heavy atom. The monoisotopic (exact) mass is 423 g/mol. The van der Waals surface area contributed by atoms with Crippen LogP contribution in [0.1, 0.15) is 24.9 Å². The molecule has 1 amide bonds. The SMILES string of the molecule is CCNC(CCOc1ccc([N+](=O)[O-])cc1)c1ccc(OC(=O)N(C)C)cc1.Cl. The van der Waals surface area contributed by atoms with Crippen molar-refractivity contribution in [3.8, 4) is 11.5 Å². The molecule has 2 rings (SSSR count). The molecule has 1 N–H and O–H groups in total. The number of hydrogen-bond acceptors (Lipinski definition) is 6. The molecule has 8 nitrogen and oxygen atoms in total. The summed E-state index contributed by atoms with van der Waals surface area (Å²) in [5.41, 5.74) is 1.09. The second-order valence-electron chi connectivity index (χ2n) is 6.33. The van der Waals surface area contributed by atoms with Crippen molar-refractivity contribution >= 4 is 24.2 Å². The van der Waals surface area contributed by atoms with Crippen molar-refractivity contribution < 1.29 is 19.2 Å². The first-order chi connectivity index (χ1) is 13.4. The van der Waals surface area contributed by atoms with Gasteiger partial charge >= 0.3 is 6.09 Å². The lowest BCUT2D eigenvalue weighted by Crippen LogP contribution is -2.25. The first-order valence-electron chi connectivity index (χ1n) is 9.00. The molecule has 0 fully saturated rings. The molecule has 0 aliphatic carbocycles. The molecule has 0 heterocycles. The van der Waals surface area contributed by atoms with Crippen LogP contribution in [0.2, 0.25) is 0 Å². The summed E-state index contributed by atoms with van der Waals surface area (Å²) in [6.45, 7) is 3.27. The van der Waals surface area contributed by atoms with Crippen molar-refractivity contribution in [3.05, 3.63) is 64.2 Å². The van der Waals surface area contributed by atoms with E-state index in [4.69, 9.17) is 9.47 Å². The van der Waals surface area contributed by atoms with E-state index in [0.29, 0.717) is 24.5 Å². The molecule has 9 heteroatoms. The van der Waals surface area contributed by atoms with Crippen molar-refractivity contribution in [3.63, 3.8) is 0 Å². The predicted molar refractivity (Wildman–Crippen MR) is 113 cm³/mol. The fourth-order valence-electron chi connectivity index (χ4n) is 2.55. The first-order valence-corrected chi connectivity index (χ1v) is 9.00. The Labute approximate surface area is 176 Å². The average Bonchev–Trinajstić information content (AvgIpc) is 2.68. The van der Waals surface area contributed by atoms with E-state index in [0.717, 1.165) is 12.1 Å². The zero-order valence-corrected chi connectivity index (χ0v) is 17.5. The molecule has 0 aromatic heterocycles. The van der Waals surface area contributed by atoms with Gasteiger partial charge in [-0.25, -0.2) is 4.79 Å². The Morgan fingerprint density at radius 3 is 2.21 bits per heavy atom. The summed E-state index contributed by atoms with van der Waals surface area (Å²) in [6, 6.07) is 13.4. The van der Waals surface area contributed by atoms with Gasteiger partial charge in [-0.2, -0.15) is 0 Å². The first kappa shape index (κ1) is 24.2. The van der Waals surface area contributed by atoms with E-state index in [9.17, 15) is 14.9 Å². The number of nitro groups is 1. The quantitative estimate of drug-likeness (QED) is 0.480. The van der Waals surface area contributed by atoms with Gasteiger partial charge in [-0.3, -0.25) is 10.1 Å². The number of nitrogens with one attached hydrogen (secondary N) is 1. The zero-order chi connectivity index (χ0) is 20.5. The Bertz CT molecular complexity index is 782. The third kappa shape index (κ3) is 7.59. The van der Waals surface area contributed by atoms with Crippen LogP contribution in [0.5, 0.6) is 11.5 Å². The second-order valence-corrected chi connectivity index (χ2v) is 6.33. The lowest BCUT2D eigenvalue weighted by atomic mass is 10.0. The molecule has 0 saturated heterocycles. The molecule has 1 unspecified atom stereocenters. The molecule has 2 aromatic carbocycles. The highest BCUT2D eigenvalue weighted by atomic mass is 35.5. The smallest absolute Gasteiger partial charge is 0.414 e. The van der Waals surface area contributed by atoms with Gasteiger partial charge < -0.3 is 19.7 Å². The topological polar surface area (TPSA) is 93.9 Å². The standard InChI is InChI=1S/C20H25N3O5.ClH/c1-4-21-19(13-14-27-17-11-7-16(8-12-17)23(25)26)15-5-9-18(10-6-15)28-20(24)22(2)3;/h5-12,19,21H,4,13-14H2,1-3H3;1H. The minimum absolute atomic E-state index is 0. The average molecular weight is 424 g/mol. The highest BCUT2D eigenvalue weighted by Gasteiger charge is 2.12. The Morgan fingerprint density at radius 2 is 1.69 bits per heavy atom. The molecule has 0 aliphatic heterocycles. The zero-order valence-electron chi connectivity index (χ0n) is 16.7. The molecular formula is C20H26ClN3O5. The number of hydrogen-bond donors (Lipinski definition) is 1. The Balaban J connectivity index is 0.00000420. The number of ether oxygens (including phenoxy) is 2. The van der Waals surface area contributed by atoms with Crippen LogP contribution in [-0.2, 0) is 0 Å². The van der Waals surface area contributed by atoms with Gasteiger partial charge in [-0.1, -0.05) is 19.1 Å². The maximum absolute atomic E-state index is 11.6. The Hall–Kier alpha value is -2.84. The van der Waals surface area contributed by atoms with E-state index in [1.807, 2.05) is 19.1 Å². The molecule has 2 aromatic rings. The van der Waals surface area contributed by atoms with Gasteiger partial charge in [0, 0.05) is 38.7 Å². The molecular weight excluding hydrogens is 398 g/mol. The number of rotatable bonds is 9. The summed E-state index contributed by atoms with van der Waals surface area (Å²) in [5.74, 6) is 1.08. The molecule has 0 bridgehead atoms. The number of amides is 1. The number of carbonyl (C=O) groups is 1. The lowest BCUT2D eigenvalue weighted by Gasteiger charge is -2.19. The van der Waals surface area contributed by atoms with E-state index in [1.165, 1.54) is 17.0 Å². The second kappa shape index (κ2) is 11.9. The van der Waals surface area contributed by atoms with Crippen LogP contribution >= 0.6 is 12.4 Å². The fourth-order valence-corrected chi connectivity index (χ4v) is 2.55. The van der Waals surface area contributed by atoms with Crippen molar-refractivity contribution in [1.82, 2.24) is 10.2 Å². The van der Waals surface area contributed by atoms with Crippen LogP contribution in [0.15, 0.2) is 48.5 Å². The summed E-state index contributed by atoms with van der Waals surface area (Å²) >= 11 is 0. The van der Waals surface area contributed by atoms with E-state index in [2.05, 4.69) is 5.32 Å². The minimum Gasteiger partial charge on any atom is -0.494 e. The number of nitro benzene ring substituents is 1. The molecule has 29 heavy (non-hydrogen) atoms. The third-order valence-corrected chi connectivity index (χ3v) is 4.03. The van der Waals surface area contributed by atoms with Gasteiger partial charge in [-0.05, 0) is 36.4 Å². The number of benzene rings is 2. The molecule has 158 valence electrons. The molecule has 1 atom stereocenters. The fraction of sp³-hybridized carbons (Fsp3) is 0.350. The molecule has 0 radical (unpaired) electrons. The largest absolute Gasteiger partial charge is 0.494 e.